The summed E-state index contributed by atoms with van der Waals surface area (Å²) in [6.45, 7) is 6.28. The molecule has 0 aliphatic carbocycles. The summed E-state index contributed by atoms with van der Waals surface area (Å²) >= 11 is 0. The fourth-order valence-corrected chi connectivity index (χ4v) is 4.24. The molecule has 0 saturated heterocycles. The number of nitrogens with one attached hydrogen (secondary N) is 1. The maximum absolute atomic E-state index is 12.2. The molecule has 1 N–H and O–H groups in total. The molecule has 0 saturated carbocycles. The first kappa shape index (κ1) is 24.3. The van der Waals surface area contributed by atoms with Crippen molar-refractivity contribution in [2.75, 3.05) is 13.2 Å². The van der Waals surface area contributed by atoms with E-state index in [1.165, 1.54) is 11.1 Å². The number of ether oxygens (including phenoxy) is 1. The first-order valence-corrected chi connectivity index (χ1v) is 12.2. The maximum Gasteiger partial charge on any atom is 0.244 e. The minimum absolute atomic E-state index is 0.0972. The molecule has 4 rings (SSSR count). The van der Waals surface area contributed by atoms with Crippen LogP contribution in [0, 0.1) is 13.8 Å². The van der Waals surface area contributed by atoms with E-state index in [4.69, 9.17) is 9.72 Å². The van der Waals surface area contributed by atoms with E-state index in [9.17, 15) is 4.79 Å². The lowest BCUT2D eigenvalue weighted by Crippen LogP contribution is -2.24. The van der Waals surface area contributed by atoms with E-state index >= 15 is 0 Å². The number of amides is 1. The zero-order valence-corrected chi connectivity index (χ0v) is 20.5. The number of carbonyl (C=O) groups excluding carboxylic acids is 1. The van der Waals surface area contributed by atoms with Crippen molar-refractivity contribution in [2.45, 2.75) is 39.7 Å². The van der Waals surface area contributed by atoms with E-state index in [1.807, 2.05) is 54.6 Å². The highest BCUT2D eigenvalue weighted by molar-refractivity contribution is 5.91. The Morgan fingerprint density at radius 1 is 0.971 bits per heavy atom. The number of fused-ring (bicyclic) bond motifs is 1. The van der Waals surface area contributed by atoms with E-state index in [0.29, 0.717) is 19.6 Å². The van der Waals surface area contributed by atoms with Gasteiger partial charge in [-0.05, 0) is 73.7 Å². The Hall–Kier alpha value is -3.86. The molecule has 0 aliphatic rings. The highest BCUT2D eigenvalue weighted by atomic mass is 16.5. The molecular weight excluding hydrogens is 434 g/mol. The fourth-order valence-electron chi connectivity index (χ4n) is 4.24. The number of imidazole rings is 1. The van der Waals surface area contributed by atoms with Crippen LogP contribution in [-0.4, -0.2) is 28.6 Å². The zero-order chi connectivity index (χ0) is 24.5. The molecule has 35 heavy (non-hydrogen) atoms. The fraction of sp³-hybridized carbons (Fsp3) is 0.267. The lowest BCUT2D eigenvalue weighted by Gasteiger charge is -2.11. The summed E-state index contributed by atoms with van der Waals surface area (Å²) in [5.41, 5.74) is 5.57. The molecule has 1 aromatic heterocycles. The van der Waals surface area contributed by atoms with Crippen LogP contribution in [0.4, 0.5) is 0 Å². The molecule has 4 aromatic rings. The van der Waals surface area contributed by atoms with Gasteiger partial charge in [-0.15, -0.1) is 0 Å². The Labute approximate surface area is 207 Å². The number of para-hydroxylation sites is 2. The Morgan fingerprint density at radius 3 is 2.51 bits per heavy atom. The number of benzene rings is 3. The van der Waals surface area contributed by atoms with Crippen LogP contribution >= 0.6 is 0 Å². The van der Waals surface area contributed by atoms with Gasteiger partial charge in [0.25, 0.3) is 0 Å². The van der Waals surface area contributed by atoms with Gasteiger partial charge in [-0.2, -0.15) is 0 Å². The maximum atomic E-state index is 12.2. The second kappa shape index (κ2) is 12.0. The largest absolute Gasteiger partial charge is 0.494 e. The van der Waals surface area contributed by atoms with Crippen molar-refractivity contribution < 1.29 is 9.53 Å². The Morgan fingerprint density at radius 2 is 1.71 bits per heavy atom. The third-order valence-electron chi connectivity index (χ3n) is 5.85. The highest BCUT2D eigenvalue weighted by Crippen LogP contribution is 2.19. The van der Waals surface area contributed by atoms with Gasteiger partial charge in [-0.25, -0.2) is 4.98 Å². The van der Waals surface area contributed by atoms with Crippen LogP contribution < -0.4 is 10.1 Å². The lowest BCUT2D eigenvalue weighted by molar-refractivity contribution is -0.116. The Balaban J connectivity index is 1.30. The molecule has 1 amide bonds. The van der Waals surface area contributed by atoms with Gasteiger partial charge in [-0.3, -0.25) is 4.79 Å². The number of aromatic nitrogens is 2. The summed E-state index contributed by atoms with van der Waals surface area (Å²) in [4.78, 5) is 17.1. The van der Waals surface area contributed by atoms with Crippen LogP contribution in [0.15, 0.2) is 78.9 Å². The van der Waals surface area contributed by atoms with Gasteiger partial charge in [0, 0.05) is 25.6 Å². The topological polar surface area (TPSA) is 56.1 Å². The van der Waals surface area contributed by atoms with Crippen LogP contribution in [0.5, 0.6) is 5.75 Å². The van der Waals surface area contributed by atoms with Crippen molar-refractivity contribution in [2.24, 2.45) is 0 Å². The van der Waals surface area contributed by atoms with Gasteiger partial charge in [-0.1, -0.05) is 48.5 Å². The quantitative estimate of drug-likeness (QED) is 0.221. The summed E-state index contributed by atoms with van der Waals surface area (Å²) in [7, 11) is 0. The Kier molecular flexibility index (Phi) is 8.34. The number of carbonyl (C=O) groups is 1. The smallest absolute Gasteiger partial charge is 0.244 e. The van der Waals surface area contributed by atoms with Gasteiger partial charge in [0.05, 0.1) is 17.6 Å². The van der Waals surface area contributed by atoms with Crippen molar-refractivity contribution in [3.8, 4) is 5.75 Å². The minimum Gasteiger partial charge on any atom is -0.494 e. The van der Waals surface area contributed by atoms with Gasteiger partial charge in [0.2, 0.25) is 5.91 Å². The number of hydrogen-bond donors (Lipinski definition) is 1. The van der Waals surface area contributed by atoms with Gasteiger partial charge in [0.15, 0.2) is 0 Å². The van der Waals surface area contributed by atoms with Crippen molar-refractivity contribution in [1.29, 1.82) is 0 Å². The van der Waals surface area contributed by atoms with Crippen LogP contribution in [0.2, 0.25) is 0 Å². The summed E-state index contributed by atoms with van der Waals surface area (Å²) in [5, 5.41) is 2.98. The van der Waals surface area contributed by atoms with E-state index in [0.717, 1.165) is 47.6 Å². The van der Waals surface area contributed by atoms with Gasteiger partial charge < -0.3 is 14.6 Å². The molecule has 0 fully saturated rings. The molecule has 3 aromatic carbocycles. The predicted molar refractivity (Wildman–Crippen MR) is 143 cm³/mol. The average Bonchev–Trinajstić information content (AvgIpc) is 3.20. The molecule has 0 bridgehead atoms. The molecule has 0 spiro atoms. The summed E-state index contributed by atoms with van der Waals surface area (Å²) < 4.78 is 8.25. The number of rotatable bonds is 11. The van der Waals surface area contributed by atoms with Crippen molar-refractivity contribution in [3.05, 3.63) is 101 Å². The van der Waals surface area contributed by atoms with E-state index in [2.05, 4.69) is 48.0 Å². The number of hydrogen-bond acceptors (Lipinski definition) is 3. The number of unbranched alkanes of at least 4 members (excludes halogenated alkanes) is 1. The van der Waals surface area contributed by atoms with Gasteiger partial charge >= 0.3 is 0 Å². The predicted octanol–water partition coefficient (Wildman–Crippen LogP) is 5.88. The average molecular weight is 468 g/mol. The van der Waals surface area contributed by atoms with Crippen molar-refractivity contribution >= 4 is 23.0 Å². The summed E-state index contributed by atoms with van der Waals surface area (Å²) in [5.74, 6) is 1.84. The molecule has 0 radical (unpaired) electrons. The first-order valence-electron chi connectivity index (χ1n) is 12.2. The molecule has 0 unspecified atom stereocenters. The lowest BCUT2D eigenvalue weighted by atomic mass is 10.1. The molecule has 0 atom stereocenters. The third-order valence-corrected chi connectivity index (χ3v) is 5.85. The SMILES string of the molecule is Cc1cc(C)cc(OCCCCn2c(CCNC(=O)/C=C/c3ccccc3)nc3ccccc32)c1. The molecule has 1 heterocycles. The molecule has 5 heteroatoms. The zero-order valence-electron chi connectivity index (χ0n) is 20.5. The number of nitrogens with zero attached hydrogens (tertiary/aromatic N) is 2. The first-order chi connectivity index (χ1) is 17.1. The third kappa shape index (κ3) is 7.06. The monoisotopic (exact) mass is 467 g/mol. The van der Waals surface area contributed by atoms with E-state index < -0.39 is 0 Å². The standard InChI is InChI=1S/C30H33N3O2/c1-23-20-24(2)22-26(21-23)35-19-9-8-18-33-28-13-7-6-12-27(28)32-29(33)16-17-31-30(34)15-14-25-10-4-3-5-11-25/h3-7,10-15,20-22H,8-9,16-19H2,1-2H3,(H,31,34)/b15-14+. The minimum atomic E-state index is -0.0972. The second-order valence-electron chi connectivity index (χ2n) is 8.83. The highest BCUT2D eigenvalue weighted by Gasteiger charge is 2.10. The van der Waals surface area contributed by atoms with Crippen LogP contribution in [0.25, 0.3) is 17.1 Å². The summed E-state index contributed by atoms with van der Waals surface area (Å²) in [6.07, 6.45) is 6.03. The molecular formula is C30H33N3O2. The van der Waals surface area contributed by atoms with Crippen LogP contribution in [-0.2, 0) is 17.8 Å². The van der Waals surface area contributed by atoms with E-state index in [1.54, 1.807) is 6.08 Å². The van der Waals surface area contributed by atoms with Crippen molar-refractivity contribution in [1.82, 2.24) is 14.9 Å². The Bertz CT molecular complexity index is 1270. The molecule has 5 nitrogen and oxygen atoms in total. The second-order valence-corrected chi connectivity index (χ2v) is 8.83. The molecule has 0 aliphatic heterocycles. The number of aryl methyl sites for hydroxylation is 3. The van der Waals surface area contributed by atoms with E-state index in [-0.39, 0.29) is 5.91 Å². The van der Waals surface area contributed by atoms with Crippen molar-refractivity contribution in [3.63, 3.8) is 0 Å². The van der Waals surface area contributed by atoms with Gasteiger partial charge in [0.1, 0.15) is 11.6 Å². The van der Waals surface area contributed by atoms with Crippen LogP contribution in [0.3, 0.4) is 0 Å². The normalized spacial score (nSPS) is 11.3. The van der Waals surface area contributed by atoms with Crippen LogP contribution in [0.1, 0.15) is 35.4 Å². The summed E-state index contributed by atoms with van der Waals surface area (Å²) in [6, 6.07) is 24.3. The molecule has 180 valence electrons.